The number of carbonyl (C=O) groups is 1. The Morgan fingerprint density at radius 3 is 2.60 bits per heavy atom. The SMILES string of the molecule is CCn1cc(C(=O)NCC23CCC(CC2)CC3)c2c(C)cc(Br)cc21. The molecule has 0 spiro atoms. The molecule has 1 aromatic carbocycles. The molecule has 0 saturated heterocycles. The second kappa shape index (κ2) is 6.46. The highest BCUT2D eigenvalue weighted by Gasteiger charge is 2.40. The van der Waals surface area contributed by atoms with Crippen molar-refractivity contribution in [3.05, 3.63) is 33.9 Å². The number of carbonyl (C=O) groups excluding carboxylic acids is 1. The summed E-state index contributed by atoms with van der Waals surface area (Å²) in [4.78, 5) is 13.0. The summed E-state index contributed by atoms with van der Waals surface area (Å²) in [5.41, 5.74) is 3.47. The van der Waals surface area contributed by atoms with Crippen LogP contribution in [-0.2, 0) is 6.54 Å². The first kappa shape index (κ1) is 17.1. The largest absolute Gasteiger partial charge is 0.351 e. The molecule has 1 amide bonds. The van der Waals surface area contributed by atoms with E-state index in [0.717, 1.165) is 45.5 Å². The van der Waals surface area contributed by atoms with Crippen molar-refractivity contribution >= 4 is 32.7 Å². The molecule has 1 heterocycles. The van der Waals surface area contributed by atoms with Crippen molar-refractivity contribution in [3.63, 3.8) is 0 Å². The highest BCUT2D eigenvalue weighted by atomic mass is 79.9. The van der Waals surface area contributed by atoms with Gasteiger partial charge in [-0.3, -0.25) is 4.79 Å². The van der Waals surface area contributed by atoms with Crippen LogP contribution in [0.5, 0.6) is 0 Å². The number of nitrogens with one attached hydrogen (secondary N) is 1. The Labute approximate surface area is 158 Å². The number of rotatable bonds is 4. The van der Waals surface area contributed by atoms with Crippen LogP contribution < -0.4 is 5.32 Å². The molecule has 0 aliphatic heterocycles. The Morgan fingerprint density at radius 2 is 1.96 bits per heavy atom. The third-order valence-electron chi connectivity index (χ3n) is 6.60. The van der Waals surface area contributed by atoms with Gasteiger partial charge in [0.15, 0.2) is 0 Å². The zero-order valence-corrected chi connectivity index (χ0v) is 16.8. The second-order valence-electron chi connectivity index (χ2n) is 8.11. The Bertz CT molecular complexity index is 801. The van der Waals surface area contributed by atoms with Crippen LogP contribution in [0.2, 0.25) is 0 Å². The number of amides is 1. The van der Waals surface area contributed by atoms with E-state index in [9.17, 15) is 4.79 Å². The fourth-order valence-electron chi connectivity index (χ4n) is 4.99. The molecule has 5 rings (SSSR count). The van der Waals surface area contributed by atoms with Crippen molar-refractivity contribution in [3.8, 4) is 0 Å². The van der Waals surface area contributed by atoms with Crippen molar-refractivity contribution < 1.29 is 4.79 Å². The van der Waals surface area contributed by atoms with Crippen molar-refractivity contribution in [2.75, 3.05) is 6.54 Å². The number of fused-ring (bicyclic) bond motifs is 4. The average Bonchev–Trinajstić information content (AvgIpc) is 3.00. The van der Waals surface area contributed by atoms with Gasteiger partial charge < -0.3 is 9.88 Å². The average molecular weight is 403 g/mol. The first-order chi connectivity index (χ1) is 12.0. The van der Waals surface area contributed by atoms with E-state index in [1.165, 1.54) is 38.5 Å². The van der Waals surface area contributed by atoms with Crippen molar-refractivity contribution in [1.29, 1.82) is 0 Å². The molecular weight excluding hydrogens is 376 g/mol. The van der Waals surface area contributed by atoms with Crippen molar-refractivity contribution in [2.45, 2.75) is 58.9 Å². The van der Waals surface area contributed by atoms with Crippen LogP contribution in [-0.4, -0.2) is 17.0 Å². The fourth-order valence-corrected chi connectivity index (χ4v) is 5.55. The lowest BCUT2D eigenvalue weighted by Crippen LogP contribution is -2.43. The van der Waals surface area contributed by atoms with Crippen LogP contribution in [0.15, 0.2) is 22.8 Å². The zero-order valence-electron chi connectivity index (χ0n) is 15.2. The minimum Gasteiger partial charge on any atom is -0.351 e. The van der Waals surface area contributed by atoms with Gasteiger partial charge in [0.25, 0.3) is 5.91 Å². The van der Waals surface area contributed by atoms with E-state index in [4.69, 9.17) is 0 Å². The van der Waals surface area contributed by atoms with E-state index in [2.05, 4.69) is 51.8 Å². The maximum atomic E-state index is 13.0. The molecule has 2 aromatic rings. The van der Waals surface area contributed by atoms with Gasteiger partial charge in [0.1, 0.15) is 0 Å². The zero-order chi connectivity index (χ0) is 17.6. The normalized spacial score (nSPS) is 25.5. The van der Waals surface area contributed by atoms with E-state index < -0.39 is 0 Å². The molecule has 2 bridgehead atoms. The van der Waals surface area contributed by atoms with Gasteiger partial charge in [-0.15, -0.1) is 0 Å². The molecule has 134 valence electrons. The van der Waals surface area contributed by atoms with E-state index in [0.29, 0.717) is 5.41 Å². The van der Waals surface area contributed by atoms with E-state index in [-0.39, 0.29) is 5.91 Å². The molecule has 1 N–H and O–H groups in total. The first-order valence-corrected chi connectivity index (χ1v) is 10.4. The molecule has 25 heavy (non-hydrogen) atoms. The Balaban J connectivity index is 1.60. The van der Waals surface area contributed by atoms with E-state index in [1.54, 1.807) is 0 Å². The summed E-state index contributed by atoms with van der Waals surface area (Å²) in [6.07, 6.45) is 9.98. The predicted octanol–water partition coefficient (Wildman–Crippen LogP) is 5.43. The first-order valence-electron chi connectivity index (χ1n) is 9.58. The van der Waals surface area contributed by atoms with Gasteiger partial charge in [-0.1, -0.05) is 15.9 Å². The number of benzene rings is 1. The minimum atomic E-state index is 0.0877. The summed E-state index contributed by atoms with van der Waals surface area (Å²) in [7, 11) is 0. The molecule has 0 atom stereocenters. The molecule has 3 nitrogen and oxygen atoms in total. The molecule has 3 aliphatic carbocycles. The standard InChI is InChI=1S/C21H27BrN2O/c1-3-24-12-17(19-14(2)10-16(22)11-18(19)24)20(25)23-13-21-7-4-15(5-8-21)6-9-21/h10-12,15H,3-9,13H2,1-2H3,(H,23,25). The lowest BCUT2D eigenvalue weighted by atomic mass is 9.61. The highest BCUT2D eigenvalue weighted by Crippen LogP contribution is 2.49. The lowest BCUT2D eigenvalue weighted by Gasteiger charge is -2.46. The number of hydrogen-bond acceptors (Lipinski definition) is 1. The number of halogens is 1. The molecule has 0 radical (unpaired) electrons. The molecular formula is C21H27BrN2O. The van der Waals surface area contributed by atoms with Crippen LogP contribution in [0, 0.1) is 18.3 Å². The smallest absolute Gasteiger partial charge is 0.253 e. The highest BCUT2D eigenvalue weighted by molar-refractivity contribution is 9.10. The van der Waals surface area contributed by atoms with Gasteiger partial charge in [0.2, 0.25) is 0 Å². The maximum absolute atomic E-state index is 13.0. The number of hydrogen-bond donors (Lipinski definition) is 1. The Kier molecular flexibility index (Phi) is 4.43. The summed E-state index contributed by atoms with van der Waals surface area (Å²) in [5, 5.41) is 4.38. The molecule has 3 saturated carbocycles. The molecule has 4 heteroatoms. The predicted molar refractivity (Wildman–Crippen MR) is 106 cm³/mol. The monoisotopic (exact) mass is 402 g/mol. The Morgan fingerprint density at radius 1 is 1.28 bits per heavy atom. The van der Waals surface area contributed by atoms with Crippen molar-refractivity contribution in [1.82, 2.24) is 9.88 Å². The summed E-state index contributed by atoms with van der Waals surface area (Å²) in [5.74, 6) is 1.05. The molecule has 1 aromatic heterocycles. The van der Waals surface area contributed by atoms with Gasteiger partial charge in [0.05, 0.1) is 11.1 Å². The van der Waals surface area contributed by atoms with Crippen LogP contribution in [0.3, 0.4) is 0 Å². The summed E-state index contributed by atoms with van der Waals surface area (Å²) in [6, 6.07) is 4.21. The molecule has 3 fully saturated rings. The number of aromatic nitrogens is 1. The van der Waals surface area contributed by atoms with Gasteiger partial charge >= 0.3 is 0 Å². The van der Waals surface area contributed by atoms with E-state index >= 15 is 0 Å². The number of aryl methyl sites for hydroxylation is 2. The number of nitrogens with zero attached hydrogens (tertiary/aromatic N) is 1. The topological polar surface area (TPSA) is 34.0 Å². The van der Waals surface area contributed by atoms with Crippen LogP contribution in [0.25, 0.3) is 10.9 Å². The third-order valence-corrected chi connectivity index (χ3v) is 7.06. The van der Waals surface area contributed by atoms with Crippen LogP contribution >= 0.6 is 15.9 Å². The van der Waals surface area contributed by atoms with Gasteiger partial charge in [-0.2, -0.15) is 0 Å². The van der Waals surface area contributed by atoms with Crippen LogP contribution in [0.4, 0.5) is 0 Å². The van der Waals surface area contributed by atoms with Crippen LogP contribution in [0.1, 0.15) is 61.4 Å². The quantitative estimate of drug-likeness (QED) is 0.726. The maximum Gasteiger partial charge on any atom is 0.253 e. The summed E-state index contributed by atoms with van der Waals surface area (Å²) in [6.45, 7) is 5.92. The minimum absolute atomic E-state index is 0.0877. The van der Waals surface area contributed by atoms with Gasteiger partial charge in [0, 0.05) is 29.1 Å². The van der Waals surface area contributed by atoms with Gasteiger partial charge in [-0.25, -0.2) is 0 Å². The van der Waals surface area contributed by atoms with E-state index in [1.807, 2.05) is 6.20 Å². The fraction of sp³-hybridized carbons (Fsp3) is 0.571. The second-order valence-corrected chi connectivity index (χ2v) is 9.03. The van der Waals surface area contributed by atoms with Gasteiger partial charge in [-0.05, 0) is 81.4 Å². The lowest BCUT2D eigenvalue weighted by molar-refractivity contribution is 0.0598. The third kappa shape index (κ3) is 3.03. The summed E-state index contributed by atoms with van der Waals surface area (Å²) >= 11 is 3.58. The van der Waals surface area contributed by atoms with Crippen molar-refractivity contribution in [2.24, 2.45) is 11.3 Å². The molecule has 0 unspecified atom stereocenters. The summed E-state index contributed by atoms with van der Waals surface area (Å²) < 4.78 is 3.24. The molecule has 3 aliphatic rings. The Hall–Kier alpha value is -1.29.